The second-order valence-corrected chi connectivity index (χ2v) is 6.41. The molecular weight excluding hydrogens is 258 g/mol. The predicted molar refractivity (Wildman–Crippen MR) is 87.9 cm³/mol. The molecule has 114 valence electrons. The average molecular weight is 285 g/mol. The number of benzene rings is 1. The lowest BCUT2D eigenvalue weighted by molar-refractivity contribution is 0.255. The maximum absolute atomic E-state index is 5.79. The Morgan fingerprint density at radius 1 is 1.29 bits per heavy atom. The van der Waals surface area contributed by atoms with Crippen LogP contribution in [0.1, 0.15) is 56.4 Å². The van der Waals surface area contributed by atoms with E-state index < -0.39 is 0 Å². The van der Waals surface area contributed by atoms with Gasteiger partial charge in [0.15, 0.2) is 0 Å². The maximum Gasteiger partial charge on any atom is 0.122 e. The molecule has 2 nitrogen and oxygen atoms in total. The first kappa shape index (κ1) is 14.6. The summed E-state index contributed by atoms with van der Waals surface area (Å²) in [5.41, 5.74) is 3.07. The van der Waals surface area contributed by atoms with E-state index in [1.165, 1.54) is 44.1 Å². The molecule has 3 rings (SSSR count). The molecule has 0 spiro atoms. The maximum atomic E-state index is 5.79. The van der Waals surface area contributed by atoms with Gasteiger partial charge in [0.2, 0.25) is 0 Å². The van der Waals surface area contributed by atoms with E-state index in [4.69, 9.17) is 4.74 Å². The van der Waals surface area contributed by atoms with Crippen LogP contribution in [0.25, 0.3) is 0 Å². The zero-order valence-electron chi connectivity index (χ0n) is 13.1. The number of para-hydroxylation sites is 1. The third-order valence-electron chi connectivity index (χ3n) is 4.95. The second-order valence-electron chi connectivity index (χ2n) is 6.41. The molecule has 2 heteroatoms. The number of rotatable bonds is 5. The normalized spacial score (nSPS) is 22.9. The summed E-state index contributed by atoms with van der Waals surface area (Å²) in [5, 5.41) is 3.55. The number of nitrogens with one attached hydrogen (secondary N) is 1. The van der Waals surface area contributed by atoms with E-state index in [1.54, 1.807) is 5.57 Å². The molecule has 1 aromatic carbocycles. The Hall–Kier alpha value is -1.28. The molecule has 0 bridgehead atoms. The third kappa shape index (κ3) is 3.68. The van der Waals surface area contributed by atoms with Gasteiger partial charge in [0.1, 0.15) is 5.75 Å². The first-order chi connectivity index (χ1) is 10.4. The molecule has 2 aliphatic rings. The van der Waals surface area contributed by atoms with Gasteiger partial charge in [-0.25, -0.2) is 0 Å². The van der Waals surface area contributed by atoms with Crippen molar-refractivity contribution in [1.82, 2.24) is 5.32 Å². The van der Waals surface area contributed by atoms with Gasteiger partial charge in [-0.05, 0) is 69.5 Å². The summed E-state index contributed by atoms with van der Waals surface area (Å²) in [6.45, 7) is 0.862. The summed E-state index contributed by atoms with van der Waals surface area (Å²) in [6.07, 6.45) is 11.4. The van der Waals surface area contributed by atoms with Gasteiger partial charge in [0, 0.05) is 6.04 Å². The van der Waals surface area contributed by atoms with Crippen LogP contribution < -0.4 is 10.1 Å². The highest BCUT2D eigenvalue weighted by atomic mass is 16.5. The Balaban J connectivity index is 1.66. The molecule has 21 heavy (non-hydrogen) atoms. The topological polar surface area (TPSA) is 21.3 Å². The Kier molecular flexibility index (Phi) is 4.97. The van der Waals surface area contributed by atoms with Crippen LogP contribution in [-0.4, -0.2) is 19.7 Å². The summed E-state index contributed by atoms with van der Waals surface area (Å²) in [7, 11) is 2.11. The van der Waals surface area contributed by atoms with Crippen molar-refractivity contribution in [2.24, 2.45) is 0 Å². The summed E-state index contributed by atoms with van der Waals surface area (Å²) >= 11 is 0. The summed E-state index contributed by atoms with van der Waals surface area (Å²) in [6, 6.07) is 9.15. The van der Waals surface area contributed by atoms with Gasteiger partial charge in [-0.3, -0.25) is 0 Å². The van der Waals surface area contributed by atoms with Crippen LogP contribution in [-0.2, 0) is 0 Å². The quantitative estimate of drug-likeness (QED) is 0.809. The number of allylic oxidation sites excluding steroid dienone is 1. The van der Waals surface area contributed by atoms with E-state index in [-0.39, 0.29) is 0 Å². The lowest BCUT2D eigenvalue weighted by Crippen LogP contribution is -2.29. The number of fused-ring (bicyclic) bond motifs is 1. The van der Waals surface area contributed by atoms with E-state index in [2.05, 4.69) is 42.7 Å². The molecule has 1 heterocycles. The van der Waals surface area contributed by atoms with Gasteiger partial charge in [0.25, 0.3) is 0 Å². The predicted octanol–water partition coefficient (Wildman–Crippen LogP) is 4.42. The fourth-order valence-electron chi connectivity index (χ4n) is 3.71. The summed E-state index contributed by atoms with van der Waals surface area (Å²) in [4.78, 5) is 0. The largest absolute Gasteiger partial charge is 0.493 e. The van der Waals surface area contributed by atoms with E-state index >= 15 is 0 Å². The van der Waals surface area contributed by atoms with Crippen LogP contribution in [0.3, 0.4) is 0 Å². The smallest absolute Gasteiger partial charge is 0.122 e. The van der Waals surface area contributed by atoms with Crippen molar-refractivity contribution >= 4 is 0 Å². The van der Waals surface area contributed by atoms with Gasteiger partial charge in [0.05, 0.1) is 6.61 Å². The van der Waals surface area contributed by atoms with E-state index in [0.717, 1.165) is 18.8 Å². The molecule has 0 fully saturated rings. The van der Waals surface area contributed by atoms with Crippen molar-refractivity contribution in [3.05, 3.63) is 41.5 Å². The van der Waals surface area contributed by atoms with Crippen LogP contribution in [0.5, 0.6) is 5.75 Å². The number of hydrogen-bond acceptors (Lipinski definition) is 2. The van der Waals surface area contributed by atoms with Crippen molar-refractivity contribution in [3.63, 3.8) is 0 Å². The molecule has 2 unspecified atom stereocenters. The Labute approximate surface area is 128 Å². The van der Waals surface area contributed by atoms with Crippen molar-refractivity contribution in [2.75, 3.05) is 13.7 Å². The lowest BCUT2D eigenvalue weighted by Gasteiger charge is -2.30. The first-order valence-electron chi connectivity index (χ1n) is 8.43. The Morgan fingerprint density at radius 3 is 3.00 bits per heavy atom. The van der Waals surface area contributed by atoms with Crippen LogP contribution >= 0.6 is 0 Å². The van der Waals surface area contributed by atoms with Gasteiger partial charge >= 0.3 is 0 Å². The molecule has 1 aromatic rings. The number of hydrogen-bond donors (Lipinski definition) is 1. The van der Waals surface area contributed by atoms with Gasteiger partial charge in [-0.15, -0.1) is 0 Å². The van der Waals surface area contributed by atoms with Crippen LogP contribution in [0.15, 0.2) is 35.9 Å². The molecule has 0 aromatic heterocycles. The lowest BCUT2D eigenvalue weighted by atomic mass is 9.84. The van der Waals surface area contributed by atoms with Crippen molar-refractivity contribution in [2.45, 2.75) is 56.9 Å². The SMILES string of the molecule is CNC(CC1=CCCCC1)CC1CCOc2ccccc21. The van der Waals surface area contributed by atoms with E-state index in [0.29, 0.717) is 12.0 Å². The first-order valence-corrected chi connectivity index (χ1v) is 8.43. The van der Waals surface area contributed by atoms with Crippen molar-refractivity contribution in [3.8, 4) is 5.75 Å². The van der Waals surface area contributed by atoms with E-state index in [9.17, 15) is 0 Å². The fraction of sp³-hybridized carbons (Fsp3) is 0.579. The van der Waals surface area contributed by atoms with Crippen LogP contribution in [0.2, 0.25) is 0 Å². The van der Waals surface area contributed by atoms with Crippen LogP contribution in [0.4, 0.5) is 0 Å². The molecule has 0 radical (unpaired) electrons. The summed E-state index contributed by atoms with van der Waals surface area (Å²) in [5.74, 6) is 1.73. The van der Waals surface area contributed by atoms with Gasteiger partial charge in [-0.2, -0.15) is 0 Å². The third-order valence-corrected chi connectivity index (χ3v) is 4.95. The molecule has 0 saturated carbocycles. The molecule has 0 amide bonds. The molecule has 0 saturated heterocycles. The second kappa shape index (κ2) is 7.13. The standard InChI is InChI=1S/C19H27NO/c1-20-17(13-15-7-3-2-4-8-15)14-16-11-12-21-19-10-6-5-9-18(16)19/h5-7,9-10,16-17,20H,2-4,8,11-14H2,1H3. The molecule has 1 N–H and O–H groups in total. The molecule has 2 atom stereocenters. The minimum atomic E-state index is 0.588. The zero-order chi connectivity index (χ0) is 14.5. The zero-order valence-corrected chi connectivity index (χ0v) is 13.1. The Bertz CT molecular complexity index is 494. The minimum Gasteiger partial charge on any atom is -0.493 e. The Morgan fingerprint density at radius 2 is 2.19 bits per heavy atom. The summed E-state index contributed by atoms with van der Waals surface area (Å²) < 4.78 is 5.79. The van der Waals surface area contributed by atoms with Crippen molar-refractivity contribution in [1.29, 1.82) is 0 Å². The van der Waals surface area contributed by atoms with Crippen molar-refractivity contribution < 1.29 is 4.74 Å². The fourth-order valence-corrected chi connectivity index (χ4v) is 3.71. The molecule has 1 aliphatic carbocycles. The van der Waals surface area contributed by atoms with Gasteiger partial charge < -0.3 is 10.1 Å². The van der Waals surface area contributed by atoms with E-state index in [1.807, 2.05) is 0 Å². The van der Waals surface area contributed by atoms with Crippen LogP contribution in [0, 0.1) is 0 Å². The van der Waals surface area contributed by atoms with Gasteiger partial charge in [-0.1, -0.05) is 29.8 Å². The monoisotopic (exact) mass is 285 g/mol. The highest BCUT2D eigenvalue weighted by molar-refractivity contribution is 5.37. The minimum absolute atomic E-state index is 0.588. The highest BCUT2D eigenvalue weighted by Gasteiger charge is 2.24. The highest BCUT2D eigenvalue weighted by Crippen LogP contribution is 2.37. The molecule has 1 aliphatic heterocycles. The average Bonchev–Trinajstić information content (AvgIpc) is 2.55. The number of ether oxygens (including phenoxy) is 1. The molecular formula is C19H27NO.